The lowest BCUT2D eigenvalue weighted by molar-refractivity contribution is -0.139. The van der Waals surface area contributed by atoms with E-state index in [2.05, 4.69) is 60.7 Å². The van der Waals surface area contributed by atoms with Gasteiger partial charge in [0.2, 0.25) is 0 Å². The summed E-state index contributed by atoms with van der Waals surface area (Å²) in [6.45, 7) is 1.84. The van der Waals surface area contributed by atoms with Gasteiger partial charge in [-0.1, -0.05) is 78.4 Å². The fourth-order valence-electron chi connectivity index (χ4n) is 2.69. The SMILES string of the molecule is Cc1ccc(S(=O)(=O)O)cc1.N[C@H](CCC(=O)O)C(=O)O.c1ccc(CCc2ccccc2)cc1. The van der Waals surface area contributed by atoms with Crippen molar-refractivity contribution in [2.75, 3.05) is 0 Å². The summed E-state index contributed by atoms with van der Waals surface area (Å²) in [4.78, 5) is 19.8. The van der Waals surface area contributed by atoms with E-state index in [9.17, 15) is 18.0 Å². The molecule has 0 heterocycles. The van der Waals surface area contributed by atoms with E-state index >= 15 is 0 Å². The van der Waals surface area contributed by atoms with Crippen LogP contribution in [0.25, 0.3) is 0 Å². The Morgan fingerprint density at radius 2 is 1.23 bits per heavy atom. The van der Waals surface area contributed by atoms with Crippen LogP contribution in [-0.2, 0) is 32.5 Å². The molecule has 0 unspecified atom stereocenters. The predicted octanol–water partition coefficient (Wildman–Crippen LogP) is 3.98. The molecule has 3 rings (SSSR count). The monoisotopic (exact) mass is 501 g/mol. The fraction of sp³-hybridized carbons (Fsp3) is 0.231. The number of aryl methyl sites for hydroxylation is 3. The Morgan fingerprint density at radius 3 is 1.57 bits per heavy atom. The maximum Gasteiger partial charge on any atom is 0.320 e. The first-order valence-electron chi connectivity index (χ1n) is 10.8. The van der Waals surface area contributed by atoms with Gasteiger partial charge in [-0.2, -0.15) is 8.42 Å². The van der Waals surface area contributed by atoms with Gasteiger partial charge in [-0.3, -0.25) is 14.1 Å². The third-order valence-electron chi connectivity index (χ3n) is 4.69. The van der Waals surface area contributed by atoms with Gasteiger partial charge in [-0.15, -0.1) is 0 Å². The summed E-state index contributed by atoms with van der Waals surface area (Å²) < 4.78 is 29.6. The lowest BCUT2D eigenvalue weighted by Gasteiger charge is -2.01. The van der Waals surface area contributed by atoms with E-state index in [0.29, 0.717) is 0 Å². The summed E-state index contributed by atoms with van der Waals surface area (Å²) >= 11 is 0. The predicted molar refractivity (Wildman–Crippen MR) is 134 cm³/mol. The van der Waals surface area contributed by atoms with Crippen molar-refractivity contribution in [2.45, 2.75) is 43.5 Å². The third kappa shape index (κ3) is 13.7. The highest BCUT2D eigenvalue weighted by Crippen LogP contribution is 2.08. The topological polar surface area (TPSA) is 155 Å². The summed E-state index contributed by atoms with van der Waals surface area (Å²) in [7, 11) is -4.02. The van der Waals surface area contributed by atoms with Gasteiger partial charge >= 0.3 is 11.9 Å². The van der Waals surface area contributed by atoms with Crippen molar-refractivity contribution in [1.29, 1.82) is 0 Å². The molecule has 0 aliphatic heterocycles. The van der Waals surface area contributed by atoms with Gasteiger partial charge in [0.25, 0.3) is 10.1 Å². The largest absolute Gasteiger partial charge is 0.481 e. The first-order valence-corrected chi connectivity index (χ1v) is 12.2. The molecule has 188 valence electrons. The molecule has 3 aromatic rings. The summed E-state index contributed by atoms with van der Waals surface area (Å²) in [5.41, 5.74) is 8.78. The molecular weight excluding hydrogens is 470 g/mol. The number of benzene rings is 3. The van der Waals surface area contributed by atoms with Crippen LogP contribution in [-0.4, -0.2) is 41.2 Å². The maximum absolute atomic E-state index is 10.5. The molecule has 8 nitrogen and oxygen atoms in total. The summed E-state index contributed by atoms with van der Waals surface area (Å²) in [5, 5.41) is 16.3. The zero-order valence-corrected chi connectivity index (χ0v) is 20.3. The maximum atomic E-state index is 10.5. The molecule has 0 bridgehead atoms. The van der Waals surface area contributed by atoms with Crippen molar-refractivity contribution < 1.29 is 32.8 Å². The molecule has 0 aromatic heterocycles. The van der Waals surface area contributed by atoms with E-state index in [0.717, 1.165) is 18.4 Å². The van der Waals surface area contributed by atoms with Crippen LogP contribution in [0.5, 0.6) is 0 Å². The van der Waals surface area contributed by atoms with Crippen molar-refractivity contribution in [3.05, 3.63) is 102 Å². The number of hydrogen-bond acceptors (Lipinski definition) is 5. The highest BCUT2D eigenvalue weighted by molar-refractivity contribution is 7.85. The Kier molecular flexibility index (Phi) is 13.0. The van der Waals surface area contributed by atoms with Crippen molar-refractivity contribution in [3.63, 3.8) is 0 Å². The molecule has 0 saturated heterocycles. The Labute approximate surface area is 205 Å². The van der Waals surface area contributed by atoms with E-state index in [1.165, 1.54) is 23.3 Å². The van der Waals surface area contributed by atoms with Gasteiger partial charge in [0.15, 0.2) is 0 Å². The standard InChI is InChI=1S/C14H14.C7H8O3S.C5H9NO4/c1-3-7-13(8-4-1)11-12-14-9-5-2-6-10-14;1-6-2-4-7(5-3-6)11(8,9)10;6-3(5(9)10)1-2-4(7)8/h1-10H,11-12H2;2-5H,1H3,(H,8,9,10);3H,1-2,6H2,(H,7,8)(H,9,10)/t;;3-/m..1/s1. The van der Waals surface area contributed by atoms with Crippen molar-refractivity contribution in [2.24, 2.45) is 5.73 Å². The number of aliphatic carboxylic acids is 2. The second kappa shape index (κ2) is 15.4. The lowest BCUT2D eigenvalue weighted by Crippen LogP contribution is -2.30. The van der Waals surface area contributed by atoms with Crippen molar-refractivity contribution >= 4 is 22.1 Å². The zero-order chi connectivity index (χ0) is 26.3. The molecule has 0 spiro atoms. The number of carbonyl (C=O) groups is 2. The number of carboxylic acid groups (broad SMARTS) is 2. The number of nitrogens with two attached hydrogens (primary N) is 1. The van der Waals surface area contributed by atoms with E-state index in [1.807, 2.05) is 6.92 Å². The summed E-state index contributed by atoms with van der Waals surface area (Å²) in [6.07, 6.45) is 2.04. The molecule has 0 fully saturated rings. The molecular formula is C26H31NO7S. The fourth-order valence-corrected chi connectivity index (χ4v) is 3.17. The molecule has 0 radical (unpaired) electrons. The first kappa shape index (κ1) is 29.5. The van der Waals surface area contributed by atoms with Crippen LogP contribution in [0, 0.1) is 6.92 Å². The normalized spacial score (nSPS) is 11.2. The van der Waals surface area contributed by atoms with E-state index in [4.69, 9.17) is 20.5 Å². The Bertz CT molecular complexity index is 1090. The molecule has 0 saturated carbocycles. The molecule has 5 N–H and O–H groups in total. The van der Waals surface area contributed by atoms with Crippen LogP contribution in [0.4, 0.5) is 0 Å². The second-order valence-corrected chi connectivity index (χ2v) is 9.06. The molecule has 35 heavy (non-hydrogen) atoms. The van der Waals surface area contributed by atoms with Crippen LogP contribution in [0.1, 0.15) is 29.5 Å². The van der Waals surface area contributed by atoms with Gasteiger partial charge in [-0.05, 0) is 49.4 Å². The summed E-state index contributed by atoms with van der Waals surface area (Å²) in [5.74, 6) is -2.20. The van der Waals surface area contributed by atoms with Gasteiger partial charge in [0, 0.05) is 6.42 Å². The van der Waals surface area contributed by atoms with Crippen LogP contribution in [0.3, 0.4) is 0 Å². The van der Waals surface area contributed by atoms with E-state index in [-0.39, 0.29) is 17.7 Å². The molecule has 9 heteroatoms. The Hall–Kier alpha value is -3.53. The lowest BCUT2D eigenvalue weighted by atomic mass is 10.0. The first-order chi connectivity index (χ1) is 16.5. The van der Waals surface area contributed by atoms with E-state index in [1.54, 1.807) is 12.1 Å². The molecule has 0 aliphatic rings. The quantitative estimate of drug-likeness (QED) is 0.338. The minimum atomic E-state index is -4.02. The molecule has 1 atom stereocenters. The minimum absolute atomic E-state index is 0.0231. The van der Waals surface area contributed by atoms with Gasteiger partial charge < -0.3 is 15.9 Å². The third-order valence-corrected chi connectivity index (χ3v) is 5.56. The highest BCUT2D eigenvalue weighted by atomic mass is 32.2. The minimum Gasteiger partial charge on any atom is -0.481 e. The average molecular weight is 502 g/mol. The van der Waals surface area contributed by atoms with Gasteiger partial charge in [0.05, 0.1) is 4.90 Å². The summed E-state index contributed by atoms with van der Waals surface area (Å²) in [6, 6.07) is 26.2. The van der Waals surface area contributed by atoms with Crippen molar-refractivity contribution in [1.82, 2.24) is 0 Å². The Morgan fingerprint density at radius 1 is 0.800 bits per heavy atom. The van der Waals surface area contributed by atoms with Crippen LogP contribution in [0.15, 0.2) is 89.8 Å². The Balaban J connectivity index is 0.000000268. The average Bonchev–Trinajstić information content (AvgIpc) is 2.83. The number of hydrogen-bond donors (Lipinski definition) is 4. The van der Waals surface area contributed by atoms with Crippen LogP contribution < -0.4 is 5.73 Å². The van der Waals surface area contributed by atoms with Gasteiger partial charge in [0.1, 0.15) is 6.04 Å². The molecule has 0 aliphatic carbocycles. The zero-order valence-electron chi connectivity index (χ0n) is 19.4. The van der Waals surface area contributed by atoms with Gasteiger partial charge in [-0.25, -0.2) is 0 Å². The molecule has 0 amide bonds. The van der Waals surface area contributed by atoms with Crippen LogP contribution >= 0.6 is 0 Å². The highest BCUT2D eigenvalue weighted by Gasteiger charge is 2.12. The number of rotatable bonds is 8. The van der Waals surface area contributed by atoms with Crippen LogP contribution in [0.2, 0.25) is 0 Å². The van der Waals surface area contributed by atoms with Crippen molar-refractivity contribution in [3.8, 4) is 0 Å². The number of carboxylic acids is 2. The smallest absolute Gasteiger partial charge is 0.320 e. The molecule has 3 aromatic carbocycles. The van der Waals surface area contributed by atoms with E-state index < -0.39 is 28.1 Å². The second-order valence-electron chi connectivity index (χ2n) is 7.64.